The van der Waals surface area contributed by atoms with Gasteiger partial charge in [-0.2, -0.15) is 0 Å². The molecule has 0 radical (unpaired) electrons. The third kappa shape index (κ3) is 4.26. The minimum Gasteiger partial charge on any atom is -0.468 e. The van der Waals surface area contributed by atoms with Gasteiger partial charge in [-0.15, -0.1) is 0 Å². The van der Waals surface area contributed by atoms with Gasteiger partial charge in [-0.1, -0.05) is 18.2 Å². The molecule has 0 fully saturated rings. The van der Waals surface area contributed by atoms with Crippen LogP contribution in [0, 0.1) is 0 Å². The summed E-state index contributed by atoms with van der Waals surface area (Å²) in [5.74, 6) is -0.930. The Hall–Kier alpha value is -2.08. The van der Waals surface area contributed by atoms with Crippen molar-refractivity contribution in [1.82, 2.24) is 4.90 Å². The summed E-state index contributed by atoms with van der Waals surface area (Å²) in [4.78, 5) is 24.3. The number of nitrogens with two attached hydrogens (primary N) is 2. The monoisotopic (exact) mass is 265 g/mol. The van der Waals surface area contributed by atoms with Gasteiger partial charge in [0.1, 0.15) is 6.04 Å². The summed E-state index contributed by atoms with van der Waals surface area (Å²) in [5, 5.41) is 0. The normalized spacial score (nSPS) is 12.2. The number of carbonyl (C=O) groups excluding carboxylic acids is 2. The lowest BCUT2D eigenvalue weighted by Gasteiger charge is -2.26. The van der Waals surface area contributed by atoms with E-state index >= 15 is 0 Å². The molecule has 0 spiro atoms. The van der Waals surface area contributed by atoms with Crippen LogP contribution in [0.15, 0.2) is 24.3 Å². The summed E-state index contributed by atoms with van der Waals surface area (Å²) in [6.07, 6.45) is 0. The molecule has 1 atom stereocenters. The van der Waals surface area contributed by atoms with Crippen LogP contribution >= 0.6 is 0 Å². The summed E-state index contributed by atoms with van der Waals surface area (Å²) >= 11 is 0. The number of hydrogen-bond acceptors (Lipinski definition) is 5. The number of rotatable bonds is 6. The second-order valence-corrected chi connectivity index (χ2v) is 4.27. The second-order valence-electron chi connectivity index (χ2n) is 4.27. The Morgan fingerprint density at radius 3 is 2.53 bits per heavy atom. The van der Waals surface area contributed by atoms with Gasteiger partial charge < -0.3 is 16.2 Å². The maximum atomic E-state index is 11.6. The van der Waals surface area contributed by atoms with Crippen molar-refractivity contribution in [2.45, 2.75) is 19.5 Å². The summed E-state index contributed by atoms with van der Waals surface area (Å²) in [6.45, 7) is 1.98. The summed E-state index contributed by atoms with van der Waals surface area (Å²) in [5.41, 5.74) is 12.5. The standard InChI is InChI=1S/C13H19N3O3/c1-9(13(18)19-2)16(8-12(15)17)7-10-5-3-4-6-11(10)14/h3-6,9H,7-8,14H2,1-2H3,(H2,15,17). The van der Waals surface area contributed by atoms with Gasteiger partial charge in [0, 0.05) is 12.2 Å². The van der Waals surface area contributed by atoms with Gasteiger partial charge in [-0.3, -0.25) is 14.5 Å². The summed E-state index contributed by atoms with van der Waals surface area (Å²) < 4.78 is 4.68. The fourth-order valence-electron chi connectivity index (χ4n) is 1.75. The van der Waals surface area contributed by atoms with E-state index < -0.39 is 17.9 Å². The third-order valence-corrected chi connectivity index (χ3v) is 2.88. The van der Waals surface area contributed by atoms with Crippen LogP contribution in [0.5, 0.6) is 0 Å². The van der Waals surface area contributed by atoms with Crippen molar-refractivity contribution in [3.8, 4) is 0 Å². The lowest BCUT2D eigenvalue weighted by Crippen LogP contribution is -2.44. The van der Waals surface area contributed by atoms with Crippen molar-refractivity contribution in [3.63, 3.8) is 0 Å². The van der Waals surface area contributed by atoms with Gasteiger partial charge in [0.2, 0.25) is 5.91 Å². The smallest absolute Gasteiger partial charge is 0.322 e. The molecule has 0 aliphatic carbocycles. The first-order valence-corrected chi connectivity index (χ1v) is 5.89. The second kappa shape index (κ2) is 6.75. The molecule has 19 heavy (non-hydrogen) atoms. The van der Waals surface area contributed by atoms with E-state index in [0.29, 0.717) is 12.2 Å². The highest BCUT2D eigenvalue weighted by Crippen LogP contribution is 2.15. The maximum Gasteiger partial charge on any atom is 0.322 e. The lowest BCUT2D eigenvalue weighted by molar-refractivity contribution is -0.146. The number of amides is 1. The molecule has 0 aromatic heterocycles. The molecule has 0 bridgehead atoms. The number of ether oxygens (including phenoxy) is 1. The summed E-state index contributed by atoms with van der Waals surface area (Å²) in [7, 11) is 1.30. The van der Waals surface area contributed by atoms with Crippen molar-refractivity contribution >= 4 is 17.6 Å². The van der Waals surface area contributed by atoms with Crippen molar-refractivity contribution in [3.05, 3.63) is 29.8 Å². The van der Waals surface area contributed by atoms with E-state index in [-0.39, 0.29) is 6.54 Å². The van der Waals surface area contributed by atoms with Crippen molar-refractivity contribution in [2.75, 3.05) is 19.4 Å². The van der Waals surface area contributed by atoms with Crippen LogP contribution in [0.2, 0.25) is 0 Å². The molecule has 1 aromatic carbocycles. The first-order valence-electron chi connectivity index (χ1n) is 5.89. The van der Waals surface area contributed by atoms with Crippen LogP contribution in [-0.2, 0) is 20.9 Å². The van der Waals surface area contributed by atoms with Gasteiger partial charge >= 0.3 is 5.97 Å². The SMILES string of the molecule is COC(=O)C(C)N(CC(N)=O)Cc1ccccc1N. The van der Waals surface area contributed by atoms with E-state index in [0.717, 1.165) is 5.56 Å². The molecule has 104 valence electrons. The highest BCUT2D eigenvalue weighted by Gasteiger charge is 2.23. The van der Waals surface area contributed by atoms with Crippen molar-refractivity contribution < 1.29 is 14.3 Å². The zero-order valence-corrected chi connectivity index (χ0v) is 11.1. The van der Waals surface area contributed by atoms with E-state index in [1.807, 2.05) is 18.2 Å². The fourth-order valence-corrected chi connectivity index (χ4v) is 1.75. The number of carbonyl (C=O) groups is 2. The van der Waals surface area contributed by atoms with Crippen LogP contribution in [0.25, 0.3) is 0 Å². The number of primary amides is 1. The average Bonchev–Trinajstić information content (AvgIpc) is 2.38. The Bertz CT molecular complexity index is 462. The quantitative estimate of drug-likeness (QED) is 0.562. The number of methoxy groups -OCH3 is 1. The molecule has 1 amide bonds. The number of hydrogen-bond donors (Lipinski definition) is 2. The molecule has 0 aliphatic heterocycles. The topological polar surface area (TPSA) is 98.6 Å². The number of nitrogen functional groups attached to an aromatic ring is 1. The van der Waals surface area contributed by atoms with Gasteiger partial charge in [0.25, 0.3) is 0 Å². The highest BCUT2D eigenvalue weighted by atomic mass is 16.5. The molecule has 1 unspecified atom stereocenters. The van der Waals surface area contributed by atoms with Gasteiger partial charge in [0.05, 0.1) is 13.7 Å². The number of para-hydroxylation sites is 1. The zero-order chi connectivity index (χ0) is 14.4. The third-order valence-electron chi connectivity index (χ3n) is 2.88. The van der Waals surface area contributed by atoms with E-state index in [2.05, 4.69) is 4.74 Å². The van der Waals surface area contributed by atoms with Crippen LogP contribution in [0.4, 0.5) is 5.69 Å². The van der Waals surface area contributed by atoms with Crippen LogP contribution in [0.3, 0.4) is 0 Å². The molecule has 0 heterocycles. The molecule has 1 aromatic rings. The Balaban J connectivity index is 2.89. The average molecular weight is 265 g/mol. The van der Waals surface area contributed by atoms with E-state index in [1.165, 1.54) is 7.11 Å². The predicted molar refractivity (Wildman–Crippen MR) is 71.9 cm³/mol. The molecule has 0 aliphatic rings. The van der Waals surface area contributed by atoms with E-state index in [4.69, 9.17) is 11.5 Å². The number of nitrogens with zero attached hydrogens (tertiary/aromatic N) is 1. The largest absolute Gasteiger partial charge is 0.468 e. The minimum absolute atomic E-state index is 0.0371. The zero-order valence-electron chi connectivity index (χ0n) is 11.1. The molecular weight excluding hydrogens is 246 g/mol. The van der Waals surface area contributed by atoms with Crippen molar-refractivity contribution in [1.29, 1.82) is 0 Å². The fraction of sp³-hybridized carbons (Fsp3) is 0.385. The Labute approximate surface area is 112 Å². The molecule has 0 saturated heterocycles. The van der Waals surface area contributed by atoms with E-state index in [9.17, 15) is 9.59 Å². The molecule has 0 saturated carbocycles. The maximum absolute atomic E-state index is 11.6. The Morgan fingerprint density at radius 1 is 1.37 bits per heavy atom. The number of benzene rings is 1. The van der Waals surface area contributed by atoms with E-state index in [1.54, 1.807) is 17.9 Å². The molecule has 1 rings (SSSR count). The number of esters is 1. The summed E-state index contributed by atoms with van der Waals surface area (Å²) in [6, 6.07) is 6.70. The van der Waals surface area contributed by atoms with Gasteiger partial charge in [-0.05, 0) is 18.6 Å². The minimum atomic E-state index is -0.572. The van der Waals surface area contributed by atoms with Crippen LogP contribution < -0.4 is 11.5 Å². The van der Waals surface area contributed by atoms with Crippen LogP contribution in [-0.4, -0.2) is 36.5 Å². The first kappa shape index (κ1) is 15.0. The molecule has 6 nitrogen and oxygen atoms in total. The van der Waals surface area contributed by atoms with Gasteiger partial charge in [-0.25, -0.2) is 0 Å². The molecular formula is C13H19N3O3. The molecule has 4 N–H and O–H groups in total. The predicted octanol–water partition coefficient (Wildman–Crippen LogP) is 0.118. The Morgan fingerprint density at radius 2 is 2.00 bits per heavy atom. The van der Waals surface area contributed by atoms with Crippen molar-refractivity contribution in [2.24, 2.45) is 5.73 Å². The first-order chi connectivity index (χ1) is 8.95. The lowest BCUT2D eigenvalue weighted by atomic mass is 10.1. The highest BCUT2D eigenvalue weighted by molar-refractivity contribution is 5.79. The van der Waals surface area contributed by atoms with Crippen LogP contribution in [0.1, 0.15) is 12.5 Å². The molecule has 6 heteroatoms. The number of anilines is 1. The van der Waals surface area contributed by atoms with Gasteiger partial charge in [0.15, 0.2) is 0 Å². The Kier molecular flexibility index (Phi) is 5.32.